The van der Waals surface area contributed by atoms with E-state index in [1.165, 1.54) is 12.8 Å². The van der Waals surface area contributed by atoms with E-state index < -0.39 is 12.0 Å². The van der Waals surface area contributed by atoms with Gasteiger partial charge >= 0.3 is 0 Å². The number of aromatic nitrogens is 6. The first kappa shape index (κ1) is 25.1. The third-order valence-corrected chi connectivity index (χ3v) is 8.26. The number of alkyl halides is 2. The number of piperazine rings is 1. The summed E-state index contributed by atoms with van der Waals surface area (Å²) in [5.74, 6) is -1.12. The quantitative estimate of drug-likeness (QED) is 0.486. The minimum atomic E-state index is -2.67. The number of nitrogens with zero attached hydrogens (tertiary/aromatic N) is 7. The highest BCUT2D eigenvalue weighted by Gasteiger charge is 2.40. The van der Waals surface area contributed by atoms with Gasteiger partial charge in [-0.05, 0) is 57.4 Å². The van der Waals surface area contributed by atoms with Crippen LogP contribution in [0.4, 0.5) is 14.6 Å². The molecule has 1 saturated heterocycles. The second kappa shape index (κ2) is 9.87. The van der Waals surface area contributed by atoms with Crippen LogP contribution in [0.1, 0.15) is 73.4 Å². The van der Waals surface area contributed by atoms with Gasteiger partial charge in [0.15, 0.2) is 5.82 Å². The molecule has 0 bridgehead atoms. The molecule has 1 aliphatic heterocycles. The van der Waals surface area contributed by atoms with Gasteiger partial charge in [-0.3, -0.25) is 9.48 Å². The zero-order chi connectivity index (χ0) is 26.4. The predicted molar refractivity (Wildman–Crippen MR) is 137 cm³/mol. The third-order valence-electron chi connectivity index (χ3n) is 8.26. The van der Waals surface area contributed by atoms with Gasteiger partial charge in [-0.15, -0.1) is 0 Å². The van der Waals surface area contributed by atoms with Gasteiger partial charge in [0.05, 0.1) is 17.9 Å². The zero-order valence-corrected chi connectivity index (χ0v) is 21.9. The second-order valence-electron chi connectivity index (χ2n) is 11.0. The number of rotatable bonds is 7. The molecule has 0 spiro atoms. The van der Waals surface area contributed by atoms with E-state index in [2.05, 4.69) is 20.6 Å². The minimum Gasteiger partial charge on any atom is -0.352 e. The number of aryl methyl sites for hydroxylation is 2. The summed E-state index contributed by atoms with van der Waals surface area (Å²) >= 11 is 0. The SMILES string of the molecule is CCn1nccc1C(=O)NC(c1cn2nc(C)c(N3CCNC(C4CC4)C3)nc2n1)C1CCC(F)(F)CC1. The maximum atomic E-state index is 14.0. The lowest BCUT2D eigenvalue weighted by Gasteiger charge is -2.35. The molecule has 0 radical (unpaired) electrons. The number of imidazole rings is 1. The van der Waals surface area contributed by atoms with E-state index in [0.717, 1.165) is 37.1 Å². The van der Waals surface area contributed by atoms with Crippen LogP contribution in [-0.4, -0.2) is 66.9 Å². The number of nitrogens with one attached hydrogen (secondary N) is 2. The summed E-state index contributed by atoms with van der Waals surface area (Å²) in [7, 11) is 0. The lowest BCUT2D eigenvalue weighted by Crippen LogP contribution is -2.52. The summed E-state index contributed by atoms with van der Waals surface area (Å²) in [5, 5.41) is 15.7. The number of hydrogen-bond donors (Lipinski definition) is 2. The fourth-order valence-electron chi connectivity index (χ4n) is 5.97. The van der Waals surface area contributed by atoms with Crippen LogP contribution in [0.2, 0.25) is 0 Å². The number of fused-ring (bicyclic) bond motifs is 1. The molecule has 6 rings (SSSR count). The van der Waals surface area contributed by atoms with Gasteiger partial charge in [0, 0.05) is 51.3 Å². The molecule has 3 aromatic heterocycles. The monoisotopic (exact) mass is 527 g/mol. The molecule has 3 fully saturated rings. The molecule has 12 heteroatoms. The molecule has 38 heavy (non-hydrogen) atoms. The second-order valence-corrected chi connectivity index (χ2v) is 11.0. The Balaban J connectivity index is 1.30. The van der Waals surface area contributed by atoms with Crippen LogP contribution in [-0.2, 0) is 6.54 Å². The molecule has 1 amide bonds. The number of hydrogen-bond acceptors (Lipinski definition) is 7. The molecule has 3 aromatic rings. The van der Waals surface area contributed by atoms with Crippen molar-refractivity contribution in [2.75, 3.05) is 24.5 Å². The summed E-state index contributed by atoms with van der Waals surface area (Å²) in [5.41, 5.74) is 1.83. The van der Waals surface area contributed by atoms with E-state index in [9.17, 15) is 13.6 Å². The fourth-order valence-corrected chi connectivity index (χ4v) is 5.97. The largest absolute Gasteiger partial charge is 0.352 e. The third kappa shape index (κ3) is 4.97. The normalized spacial score (nSPS) is 23.1. The Morgan fingerprint density at radius 3 is 2.76 bits per heavy atom. The molecule has 2 unspecified atom stereocenters. The van der Waals surface area contributed by atoms with Crippen molar-refractivity contribution in [3.63, 3.8) is 0 Å². The molecule has 2 N–H and O–H groups in total. The van der Waals surface area contributed by atoms with Crippen molar-refractivity contribution >= 4 is 17.5 Å². The van der Waals surface area contributed by atoms with E-state index in [1.807, 2.05) is 13.8 Å². The maximum absolute atomic E-state index is 14.0. The number of carbonyl (C=O) groups excluding carboxylic acids is 1. The number of carbonyl (C=O) groups is 1. The summed E-state index contributed by atoms with van der Waals surface area (Å²) in [6, 6.07) is 1.59. The van der Waals surface area contributed by atoms with Crippen LogP contribution in [0.5, 0.6) is 0 Å². The smallest absolute Gasteiger partial charge is 0.270 e. The van der Waals surface area contributed by atoms with Gasteiger partial charge in [-0.2, -0.15) is 15.2 Å². The van der Waals surface area contributed by atoms with Gasteiger partial charge in [0.1, 0.15) is 11.4 Å². The average Bonchev–Trinajstić information content (AvgIpc) is 3.50. The molecular weight excluding hydrogens is 492 g/mol. The maximum Gasteiger partial charge on any atom is 0.270 e. The topological polar surface area (TPSA) is 105 Å². The molecule has 4 heterocycles. The molecule has 2 saturated carbocycles. The Labute approximate surface area is 220 Å². The first-order valence-corrected chi connectivity index (χ1v) is 13.7. The van der Waals surface area contributed by atoms with Crippen LogP contribution in [0.15, 0.2) is 18.5 Å². The molecule has 204 valence electrons. The Morgan fingerprint density at radius 1 is 1.24 bits per heavy atom. The van der Waals surface area contributed by atoms with E-state index in [-0.39, 0.29) is 24.7 Å². The van der Waals surface area contributed by atoms with E-state index >= 15 is 0 Å². The average molecular weight is 528 g/mol. The van der Waals surface area contributed by atoms with Crippen molar-refractivity contribution in [1.82, 2.24) is 40.0 Å². The Morgan fingerprint density at radius 2 is 2.03 bits per heavy atom. The van der Waals surface area contributed by atoms with Gasteiger partial charge in [0.2, 0.25) is 5.92 Å². The van der Waals surface area contributed by atoms with Crippen LogP contribution < -0.4 is 15.5 Å². The van der Waals surface area contributed by atoms with Crippen molar-refractivity contribution < 1.29 is 13.6 Å². The Kier molecular flexibility index (Phi) is 6.53. The van der Waals surface area contributed by atoms with Crippen molar-refractivity contribution in [2.45, 2.75) is 76.9 Å². The van der Waals surface area contributed by atoms with E-state index in [0.29, 0.717) is 42.6 Å². The van der Waals surface area contributed by atoms with E-state index in [4.69, 9.17) is 15.1 Å². The molecular formula is C26H35F2N9O. The number of anilines is 1. The zero-order valence-electron chi connectivity index (χ0n) is 21.9. The molecule has 2 aliphatic carbocycles. The van der Waals surface area contributed by atoms with Crippen molar-refractivity contribution in [3.8, 4) is 0 Å². The Hall–Kier alpha value is -3.15. The lowest BCUT2D eigenvalue weighted by molar-refractivity contribution is -0.0495. The van der Waals surface area contributed by atoms with E-state index in [1.54, 1.807) is 27.7 Å². The van der Waals surface area contributed by atoms with Gasteiger partial charge in [0.25, 0.3) is 11.7 Å². The standard InChI is InChI=1S/C26H35F2N9O/c1-3-36-21(8-11-30-36)24(38)32-22(18-6-9-26(27,28)10-7-18)20-15-37-25(31-20)33-23(16(2)34-37)35-13-12-29-19(14-35)17-4-5-17/h8,11,15,17-19,22,29H,3-7,9-10,12-14H2,1-2H3,(H,32,38). The molecule has 0 aromatic carbocycles. The summed E-state index contributed by atoms with van der Waals surface area (Å²) in [4.78, 5) is 25.2. The Bertz CT molecular complexity index is 1310. The predicted octanol–water partition coefficient (Wildman–Crippen LogP) is 3.13. The van der Waals surface area contributed by atoms with Gasteiger partial charge < -0.3 is 15.5 Å². The number of halogens is 2. The molecule has 2 atom stereocenters. The molecule has 10 nitrogen and oxygen atoms in total. The van der Waals surface area contributed by atoms with Crippen molar-refractivity contribution in [3.05, 3.63) is 35.5 Å². The first-order valence-electron chi connectivity index (χ1n) is 13.7. The van der Waals surface area contributed by atoms with Crippen LogP contribution >= 0.6 is 0 Å². The van der Waals surface area contributed by atoms with Crippen molar-refractivity contribution in [1.29, 1.82) is 0 Å². The van der Waals surface area contributed by atoms with Gasteiger partial charge in [-0.1, -0.05) is 0 Å². The fraction of sp³-hybridized carbons (Fsp3) is 0.654. The summed E-state index contributed by atoms with van der Waals surface area (Å²) < 4.78 is 31.2. The molecule has 3 aliphatic rings. The summed E-state index contributed by atoms with van der Waals surface area (Å²) in [6.07, 6.45) is 6.11. The lowest BCUT2D eigenvalue weighted by atomic mass is 9.81. The van der Waals surface area contributed by atoms with Crippen LogP contribution in [0, 0.1) is 18.8 Å². The van der Waals surface area contributed by atoms with Gasteiger partial charge in [-0.25, -0.2) is 18.3 Å². The highest BCUT2D eigenvalue weighted by atomic mass is 19.3. The van der Waals surface area contributed by atoms with Crippen molar-refractivity contribution in [2.24, 2.45) is 11.8 Å². The summed E-state index contributed by atoms with van der Waals surface area (Å²) in [6.45, 7) is 7.06. The minimum absolute atomic E-state index is 0.172. The highest BCUT2D eigenvalue weighted by molar-refractivity contribution is 5.92. The highest BCUT2D eigenvalue weighted by Crippen LogP contribution is 2.41. The number of amides is 1. The van der Waals surface area contributed by atoms with Crippen LogP contribution in [0.3, 0.4) is 0 Å². The van der Waals surface area contributed by atoms with Crippen LogP contribution in [0.25, 0.3) is 5.78 Å². The first-order chi connectivity index (χ1) is 18.3.